The Balaban J connectivity index is 1.81. The average molecular weight is 307 g/mol. The quantitative estimate of drug-likeness (QED) is 0.942. The van der Waals surface area contributed by atoms with Crippen LogP contribution in [0.2, 0.25) is 0 Å². The molecule has 2 aromatic rings. The molecule has 1 fully saturated rings. The van der Waals surface area contributed by atoms with E-state index in [1.165, 1.54) is 24.3 Å². The maximum atomic E-state index is 13.7. The number of furan rings is 1. The zero-order chi connectivity index (χ0) is 15.7. The predicted octanol–water partition coefficient (Wildman–Crippen LogP) is 3.27. The monoisotopic (exact) mass is 307 g/mol. The molecule has 6 heteroatoms. The van der Waals surface area contributed by atoms with Gasteiger partial charge in [-0.1, -0.05) is 6.07 Å². The molecule has 1 atom stereocenters. The smallest absolute Gasteiger partial charge is 0.320 e. The van der Waals surface area contributed by atoms with E-state index in [4.69, 9.17) is 9.52 Å². The summed E-state index contributed by atoms with van der Waals surface area (Å²) in [6.45, 7) is 0.980. The number of hydrogen-bond donors (Lipinski definition) is 1. The van der Waals surface area contributed by atoms with Gasteiger partial charge in [-0.25, -0.2) is 8.78 Å². The third kappa shape index (κ3) is 2.74. The van der Waals surface area contributed by atoms with Crippen LogP contribution in [0.5, 0.6) is 0 Å². The zero-order valence-corrected chi connectivity index (χ0v) is 11.8. The fraction of sp³-hybridized carbons (Fsp3) is 0.312. The minimum absolute atomic E-state index is 0.108. The Kier molecular flexibility index (Phi) is 3.94. The van der Waals surface area contributed by atoms with Crippen LogP contribution in [0.3, 0.4) is 0 Å². The Bertz CT molecular complexity index is 678. The first-order chi connectivity index (χ1) is 10.6. The topological polar surface area (TPSA) is 53.7 Å². The number of benzene rings is 1. The second kappa shape index (κ2) is 5.88. The molecule has 1 N–H and O–H groups in total. The third-order valence-electron chi connectivity index (χ3n) is 3.88. The number of halogens is 2. The number of hydrogen-bond acceptors (Lipinski definition) is 3. The van der Waals surface area contributed by atoms with Crippen molar-refractivity contribution in [3.63, 3.8) is 0 Å². The summed E-state index contributed by atoms with van der Waals surface area (Å²) < 4.78 is 33.0. The second-order valence-electron chi connectivity index (χ2n) is 5.33. The minimum Gasteiger partial charge on any atom is -0.480 e. The van der Waals surface area contributed by atoms with Gasteiger partial charge in [0, 0.05) is 0 Å². The van der Waals surface area contributed by atoms with E-state index in [0.717, 1.165) is 6.42 Å². The second-order valence-corrected chi connectivity index (χ2v) is 5.33. The summed E-state index contributed by atoms with van der Waals surface area (Å²) in [5, 5.41) is 9.15. The average Bonchev–Trinajstić information content (AvgIpc) is 3.09. The Labute approximate surface area is 126 Å². The van der Waals surface area contributed by atoms with Crippen LogP contribution >= 0.6 is 0 Å². The molecular weight excluding hydrogens is 292 g/mol. The fourth-order valence-electron chi connectivity index (χ4n) is 2.83. The molecule has 0 bridgehead atoms. The highest BCUT2D eigenvalue weighted by Crippen LogP contribution is 2.29. The van der Waals surface area contributed by atoms with Crippen LogP contribution in [0.1, 0.15) is 18.6 Å². The first kappa shape index (κ1) is 14.7. The van der Waals surface area contributed by atoms with E-state index < -0.39 is 23.6 Å². The van der Waals surface area contributed by atoms with Gasteiger partial charge in [0.05, 0.1) is 12.1 Å². The van der Waals surface area contributed by atoms with E-state index in [9.17, 15) is 13.6 Å². The maximum absolute atomic E-state index is 13.7. The van der Waals surface area contributed by atoms with Gasteiger partial charge in [0.1, 0.15) is 29.2 Å². The summed E-state index contributed by atoms with van der Waals surface area (Å²) in [5.41, 5.74) is -0.204. The van der Waals surface area contributed by atoms with E-state index in [1.807, 2.05) is 0 Å². The lowest BCUT2D eigenvalue weighted by Gasteiger charge is -2.19. The first-order valence-corrected chi connectivity index (χ1v) is 7.06. The largest absolute Gasteiger partial charge is 0.480 e. The summed E-state index contributed by atoms with van der Waals surface area (Å²) in [5.74, 6) is -1.64. The van der Waals surface area contributed by atoms with Crippen molar-refractivity contribution >= 4 is 5.97 Å². The molecule has 0 amide bonds. The van der Waals surface area contributed by atoms with Gasteiger partial charge in [-0.3, -0.25) is 9.69 Å². The van der Waals surface area contributed by atoms with Crippen LogP contribution in [0, 0.1) is 11.6 Å². The maximum Gasteiger partial charge on any atom is 0.320 e. The van der Waals surface area contributed by atoms with Crippen molar-refractivity contribution in [2.75, 3.05) is 6.54 Å². The zero-order valence-electron chi connectivity index (χ0n) is 11.8. The fourth-order valence-corrected chi connectivity index (χ4v) is 2.83. The van der Waals surface area contributed by atoms with Gasteiger partial charge in [0.25, 0.3) is 0 Å². The van der Waals surface area contributed by atoms with Crippen LogP contribution < -0.4 is 0 Å². The molecule has 1 unspecified atom stereocenters. The molecule has 1 aliphatic heterocycles. The van der Waals surface area contributed by atoms with Crippen molar-refractivity contribution < 1.29 is 23.1 Å². The molecule has 3 rings (SSSR count). The highest BCUT2D eigenvalue weighted by molar-refractivity contribution is 5.73. The molecule has 0 radical (unpaired) electrons. The van der Waals surface area contributed by atoms with E-state index in [1.54, 1.807) is 11.0 Å². The van der Waals surface area contributed by atoms with E-state index >= 15 is 0 Å². The lowest BCUT2D eigenvalue weighted by Crippen LogP contribution is -2.35. The summed E-state index contributed by atoms with van der Waals surface area (Å²) >= 11 is 0. The van der Waals surface area contributed by atoms with Gasteiger partial charge >= 0.3 is 5.97 Å². The third-order valence-corrected chi connectivity index (χ3v) is 3.88. The molecule has 0 spiro atoms. The van der Waals surface area contributed by atoms with Crippen molar-refractivity contribution in [2.24, 2.45) is 0 Å². The minimum atomic E-state index is -0.857. The lowest BCUT2D eigenvalue weighted by molar-refractivity contribution is -0.142. The summed E-state index contributed by atoms with van der Waals surface area (Å²) in [7, 11) is 0. The van der Waals surface area contributed by atoms with Crippen LogP contribution in [-0.4, -0.2) is 28.6 Å². The number of carbonyl (C=O) groups is 1. The van der Waals surface area contributed by atoms with Gasteiger partial charge < -0.3 is 9.52 Å². The van der Waals surface area contributed by atoms with Gasteiger partial charge in [-0.05, 0) is 43.7 Å². The van der Waals surface area contributed by atoms with Crippen molar-refractivity contribution in [3.8, 4) is 11.3 Å². The molecule has 4 nitrogen and oxygen atoms in total. The highest BCUT2D eigenvalue weighted by Gasteiger charge is 2.31. The van der Waals surface area contributed by atoms with Crippen LogP contribution in [0.15, 0.2) is 34.7 Å². The Hall–Kier alpha value is -2.21. The number of rotatable bonds is 4. The molecule has 2 heterocycles. The van der Waals surface area contributed by atoms with Crippen molar-refractivity contribution in [1.29, 1.82) is 0 Å². The SMILES string of the molecule is O=C(O)C1CCCN1Cc1ccc(-c2c(F)cccc2F)o1. The van der Waals surface area contributed by atoms with Crippen molar-refractivity contribution in [3.05, 3.63) is 47.7 Å². The van der Waals surface area contributed by atoms with Crippen molar-refractivity contribution in [2.45, 2.75) is 25.4 Å². The molecule has 116 valence electrons. The molecule has 1 saturated heterocycles. The molecule has 22 heavy (non-hydrogen) atoms. The highest BCUT2D eigenvalue weighted by atomic mass is 19.1. The molecular formula is C16H15F2NO3. The summed E-state index contributed by atoms with van der Waals surface area (Å²) in [6, 6.07) is 6.22. The van der Waals surface area contributed by atoms with E-state index in [2.05, 4.69) is 0 Å². The van der Waals surface area contributed by atoms with Gasteiger partial charge in [-0.15, -0.1) is 0 Å². The summed E-state index contributed by atoms with van der Waals surface area (Å²) in [4.78, 5) is 12.9. The van der Waals surface area contributed by atoms with Crippen molar-refractivity contribution in [1.82, 2.24) is 4.90 Å². The first-order valence-electron chi connectivity index (χ1n) is 7.06. The molecule has 1 aromatic carbocycles. The predicted molar refractivity (Wildman–Crippen MR) is 75.1 cm³/mol. The molecule has 0 aliphatic carbocycles. The summed E-state index contributed by atoms with van der Waals surface area (Å²) in [6.07, 6.45) is 1.41. The Morgan fingerprint density at radius 2 is 2.00 bits per heavy atom. The Morgan fingerprint density at radius 1 is 1.27 bits per heavy atom. The Morgan fingerprint density at radius 3 is 2.68 bits per heavy atom. The van der Waals surface area contributed by atoms with Crippen LogP contribution in [0.25, 0.3) is 11.3 Å². The standard InChI is InChI=1S/C16H15F2NO3/c17-11-3-1-4-12(18)15(11)14-7-6-10(22-14)9-19-8-2-5-13(19)16(20)21/h1,3-4,6-7,13H,2,5,8-9H2,(H,20,21). The number of carboxylic acids is 1. The number of aliphatic carboxylic acids is 1. The number of nitrogens with zero attached hydrogens (tertiary/aromatic N) is 1. The number of carboxylic acid groups (broad SMARTS) is 1. The lowest BCUT2D eigenvalue weighted by atomic mass is 10.1. The molecule has 0 saturated carbocycles. The van der Waals surface area contributed by atoms with E-state index in [-0.39, 0.29) is 11.3 Å². The van der Waals surface area contributed by atoms with E-state index in [0.29, 0.717) is 25.3 Å². The molecule has 1 aromatic heterocycles. The van der Waals surface area contributed by atoms with Crippen LogP contribution in [-0.2, 0) is 11.3 Å². The van der Waals surface area contributed by atoms with Gasteiger partial charge in [0.15, 0.2) is 0 Å². The van der Waals surface area contributed by atoms with Crippen LogP contribution in [0.4, 0.5) is 8.78 Å². The van der Waals surface area contributed by atoms with Gasteiger partial charge in [0.2, 0.25) is 0 Å². The van der Waals surface area contributed by atoms with Gasteiger partial charge in [-0.2, -0.15) is 0 Å². The molecule has 1 aliphatic rings. The normalized spacial score (nSPS) is 18.7. The number of likely N-dealkylation sites (tertiary alicyclic amines) is 1.